The van der Waals surface area contributed by atoms with Gasteiger partial charge in [-0.15, -0.1) is 0 Å². The first-order valence-corrected chi connectivity index (χ1v) is 6.03. The smallest absolute Gasteiger partial charge is 0.0102 e. The van der Waals surface area contributed by atoms with Gasteiger partial charge in [-0.25, -0.2) is 0 Å². The van der Waals surface area contributed by atoms with E-state index in [1.807, 2.05) is 0 Å². The molecular weight excluding hydrogens is 172 g/mol. The van der Waals surface area contributed by atoms with Gasteiger partial charge in [0.25, 0.3) is 0 Å². The second-order valence-corrected chi connectivity index (χ2v) is 5.17. The van der Waals surface area contributed by atoms with Crippen LogP contribution in [0.15, 0.2) is 0 Å². The maximum atomic E-state index is 3.44. The van der Waals surface area contributed by atoms with Gasteiger partial charge >= 0.3 is 0 Å². The molecule has 0 bridgehead atoms. The topological polar surface area (TPSA) is 15.3 Å². The van der Waals surface area contributed by atoms with Gasteiger partial charge in [0.05, 0.1) is 0 Å². The zero-order valence-corrected chi connectivity index (χ0v) is 10.2. The predicted molar refractivity (Wildman–Crippen MR) is 62.5 cm³/mol. The summed E-state index contributed by atoms with van der Waals surface area (Å²) in [4.78, 5) is 2.63. The molecule has 1 fully saturated rings. The maximum absolute atomic E-state index is 3.44. The van der Waals surface area contributed by atoms with Gasteiger partial charge in [-0.2, -0.15) is 0 Å². The lowest BCUT2D eigenvalue weighted by atomic mass is 9.99. The van der Waals surface area contributed by atoms with Crippen molar-refractivity contribution in [3.8, 4) is 0 Å². The zero-order valence-electron chi connectivity index (χ0n) is 10.2. The van der Waals surface area contributed by atoms with Gasteiger partial charge < -0.3 is 10.2 Å². The number of nitrogens with one attached hydrogen (secondary N) is 1. The molecule has 0 radical (unpaired) electrons. The van der Waals surface area contributed by atoms with Crippen molar-refractivity contribution in [3.05, 3.63) is 0 Å². The SMILES string of the molecule is CNC1CCCN(CC(C)C)CC1C. The summed E-state index contributed by atoms with van der Waals surface area (Å²) in [5, 5.41) is 3.44. The minimum absolute atomic E-state index is 0.729. The normalized spacial score (nSPS) is 30.6. The Morgan fingerprint density at radius 3 is 2.71 bits per heavy atom. The lowest BCUT2D eigenvalue weighted by molar-refractivity contribution is 0.221. The van der Waals surface area contributed by atoms with E-state index in [1.165, 1.54) is 32.5 Å². The third-order valence-electron chi connectivity index (χ3n) is 3.22. The number of nitrogens with zero attached hydrogens (tertiary/aromatic N) is 1. The fourth-order valence-electron chi connectivity index (χ4n) is 2.56. The molecule has 14 heavy (non-hydrogen) atoms. The highest BCUT2D eigenvalue weighted by Crippen LogP contribution is 2.17. The van der Waals surface area contributed by atoms with Crippen molar-refractivity contribution < 1.29 is 0 Å². The van der Waals surface area contributed by atoms with Crippen molar-refractivity contribution >= 4 is 0 Å². The fraction of sp³-hybridized carbons (Fsp3) is 1.00. The molecule has 0 saturated carbocycles. The molecule has 0 aliphatic carbocycles. The van der Waals surface area contributed by atoms with E-state index in [2.05, 4.69) is 38.0 Å². The Bertz CT molecular complexity index is 156. The van der Waals surface area contributed by atoms with Gasteiger partial charge in [-0.05, 0) is 38.3 Å². The van der Waals surface area contributed by atoms with Crippen molar-refractivity contribution in [2.45, 2.75) is 39.7 Å². The average Bonchev–Trinajstić information content (AvgIpc) is 2.25. The number of hydrogen-bond donors (Lipinski definition) is 1. The summed E-state index contributed by atoms with van der Waals surface area (Å²) >= 11 is 0. The molecule has 2 unspecified atom stereocenters. The van der Waals surface area contributed by atoms with E-state index in [-0.39, 0.29) is 0 Å². The zero-order chi connectivity index (χ0) is 10.6. The molecule has 1 N–H and O–H groups in total. The quantitative estimate of drug-likeness (QED) is 0.746. The second-order valence-electron chi connectivity index (χ2n) is 5.17. The predicted octanol–water partition coefficient (Wildman–Crippen LogP) is 1.96. The van der Waals surface area contributed by atoms with E-state index in [0.717, 1.165) is 17.9 Å². The first-order valence-electron chi connectivity index (χ1n) is 6.03. The van der Waals surface area contributed by atoms with Crippen LogP contribution >= 0.6 is 0 Å². The van der Waals surface area contributed by atoms with Crippen LogP contribution in [0.25, 0.3) is 0 Å². The Hall–Kier alpha value is -0.0800. The van der Waals surface area contributed by atoms with Crippen molar-refractivity contribution in [2.75, 3.05) is 26.7 Å². The Morgan fingerprint density at radius 2 is 2.14 bits per heavy atom. The van der Waals surface area contributed by atoms with Gasteiger partial charge in [0.2, 0.25) is 0 Å². The molecule has 1 aliphatic heterocycles. The van der Waals surface area contributed by atoms with E-state index in [0.29, 0.717) is 0 Å². The highest BCUT2D eigenvalue weighted by Gasteiger charge is 2.22. The Morgan fingerprint density at radius 1 is 1.43 bits per heavy atom. The average molecular weight is 198 g/mol. The molecule has 0 amide bonds. The third-order valence-corrected chi connectivity index (χ3v) is 3.22. The fourth-order valence-corrected chi connectivity index (χ4v) is 2.56. The highest BCUT2D eigenvalue weighted by molar-refractivity contribution is 4.79. The third kappa shape index (κ3) is 3.58. The van der Waals surface area contributed by atoms with Gasteiger partial charge in [0.1, 0.15) is 0 Å². The van der Waals surface area contributed by atoms with Crippen molar-refractivity contribution in [1.29, 1.82) is 0 Å². The molecular formula is C12H26N2. The summed E-state index contributed by atoms with van der Waals surface area (Å²) in [5.41, 5.74) is 0. The van der Waals surface area contributed by atoms with Crippen LogP contribution < -0.4 is 5.32 Å². The molecule has 2 nitrogen and oxygen atoms in total. The largest absolute Gasteiger partial charge is 0.317 e. The molecule has 2 atom stereocenters. The van der Waals surface area contributed by atoms with Crippen LogP contribution in [-0.2, 0) is 0 Å². The molecule has 0 spiro atoms. The van der Waals surface area contributed by atoms with Crippen LogP contribution in [0.3, 0.4) is 0 Å². The first-order chi connectivity index (χ1) is 6.63. The molecule has 1 aliphatic rings. The second kappa shape index (κ2) is 5.72. The Balaban J connectivity index is 2.42. The maximum Gasteiger partial charge on any atom is 0.0102 e. The van der Waals surface area contributed by atoms with Crippen molar-refractivity contribution in [2.24, 2.45) is 11.8 Å². The standard InChI is InChI=1S/C12H26N2/c1-10(2)8-14-7-5-6-12(13-4)11(3)9-14/h10-13H,5-9H2,1-4H3. The molecule has 0 aromatic carbocycles. The van der Waals surface area contributed by atoms with Crippen molar-refractivity contribution in [1.82, 2.24) is 10.2 Å². The molecule has 1 saturated heterocycles. The Labute approximate surface area is 89.1 Å². The van der Waals surface area contributed by atoms with Gasteiger partial charge in [-0.1, -0.05) is 20.8 Å². The molecule has 1 rings (SSSR count). The van der Waals surface area contributed by atoms with Crippen LogP contribution in [0.5, 0.6) is 0 Å². The van der Waals surface area contributed by atoms with Crippen LogP contribution in [0.2, 0.25) is 0 Å². The first kappa shape index (κ1) is 12.0. The van der Waals surface area contributed by atoms with Crippen LogP contribution in [0.4, 0.5) is 0 Å². The summed E-state index contributed by atoms with van der Waals surface area (Å²) in [6, 6.07) is 0.729. The summed E-state index contributed by atoms with van der Waals surface area (Å²) in [5.74, 6) is 1.59. The van der Waals surface area contributed by atoms with E-state index in [4.69, 9.17) is 0 Å². The number of hydrogen-bond acceptors (Lipinski definition) is 2. The lowest BCUT2D eigenvalue weighted by Gasteiger charge is -2.26. The summed E-state index contributed by atoms with van der Waals surface area (Å²) < 4.78 is 0. The van der Waals surface area contributed by atoms with Gasteiger partial charge in [-0.3, -0.25) is 0 Å². The number of rotatable bonds is 3. The summed E-state index contributed by atoms with van der Waals surface area (Å²) in [6.45, 7) is 10.8. The summed E-state index contributed by atoms with van der Waals surface area (Å²) in [6.07, 6.45) is 2.69. The van der Waals surface area contributed by atoms with Crippen LogP contribution in [-0.4, -0.2) is 37.6 Å². The lowest BCUT2D eigenvalue weighted by Crippen LogP contribution is -2.37. The minimum Gasteiger partial charge on any atom is -0.317 e. The van der Waals surface area contributed by atoms with Gasteiger partial charge in [0.15, 0.2) is 0 Å². The Kier molecular flexibility index (Phi) is 4.90. The molecule has 0 aromatic rings. The molecule has 0 aromatic heterocycles. The highest BCUT2D eigenvalue weighted by atomic mass is 15.1. The van der Waals surface area contributed by atoms with E-state index in [9.17, 15) is 0 Å². The van der Waals surface area contributed by atoms with E-state index in [1.54, 1.807) is 0 Å². The van der Waals surface area contributed by atoms with Crippen molar-refractivity contribution in [3.63, 3.8) is 0 Å². The van der Waals surface area contributed by atoms with Gasteiger partial charge in [0, 0.05) is 19.1 Å². The number of likely N-dealkylation sites (tertiary alicyclic amines) is 1. The molecule has 1 heterocycles. The van der Waals surface area contributed by atoms with E-state index < -0.39 is 0 Å². The monoisotopic (exact) mass is 198 g/mol. The molecule has 84 valence electrons. The summed E-state index contributed by atoms with van der Waals surface area (Å²) in [7, 11) is 2.10. The molecule has 2 heteroatoms. The van der Waals surface area contributed by atoms with E-state index >= 15 is 0 Å². The van der Waals surface area contributed by atoms with Crippen LogP contribution in [0.1, 0.15) is 33.6 Å². The van der Waals surface area contributed by atoms with Crippen LogP contribution in [0, 0.1) is 11.8 Å². The minimum atomic E-state index is 0.729.